The number of non-ortho nitro benzene ring substituents is 1. The molecule has 2 N–H and O–H groups in total. The number of amides is 1. The SMILES string of the molecule is C=CCOC12Oc3ccc(OCCSc4ccccc4)cc3C3C(CCCCO)C(CCCCO)C=C(C(=NOCc4ccc([N+](=O)[O-])cc4)CC1N(Cc1ccc(F)cc1)C(=O)OCCCCCCCCCCCC)C32. The number of fused-ring (bicyclic) bond motifs is 2. The van der Waals surface area contributed by atoms with Crippen LogP contribution in [0.2, 0.25) is 0 Å². The third-order valence-corrected chi connectivity index (χ3v) is 16.1. The van der Waals surface area contributed by atoms with Crippen molar-refractivity contribution in [2.24, 2.45) is 22.9 Å². The Hall–Kier alpha value is -5.74. The first kappa shape index (κ1) is 58.9. The molecule has 77 heavy (non-hydrogen) atoms. The Morgan fingerprint density at radius 1 is 0.870 bits per heavy atom. The lowest BCUT2D eigenvalue weighted by atomic mass is 9.55. The summed E-state index contributed by atoms with van der Waals surface area (Å²) in [5.74, 6) is -0.908. The number of carbonyl (C=O) groups excluding carboxylic acids is 1. The van der Waals surface area contributed by atoms with Crippen LogP contribution in [0.5, 0.6) is 11.5 Å². The molecule has 1 fully saturated rings. The van der Waals surface area contributed by atoms with Crippen LogP contribution in [-0.2, 0) is 27.5 Å². The number of benzene rings is 4. The van der Waals surface area contributed by atoms with E-state index in [2.05, 4.69) is 37.8 Å². The van der Waals surface area contributed by atoms with Gasteiger partial charge in [0.2, 0.25) is 5.79 Å². The zero-order chi connectivity index (χ0) is 54.2. The van der Waals surface area contributed by atoms with Crippen molar-refractivity contribution in [3.05, 3.63) is 154 Å². The lowest BCUT2D eigenvalue weighted by Gasteiger charge is -2.59. The number of nitro groups is 1. The first-order chi connectivity index (χ1) is 37.7. The molecule has 1 amide bonds. The summed E-state index contributed by atoms with van der Waals surface area (Å²) in [6.45, 7) is 7.19. The topological polar surface area (TPSA) is 162 Å². The zero-order valence-corrected chi connectivity index (χ0v) is 45.8. The van der Waals surface area contributed by atoms with Crippen molar-refractivity contribution in [1.82, 2.24) is 4.90 Å². The van der Waals surface area contributed by atoms with Gasteiger partial charge < -0.3 is 34.0 Å². The molecule has 0 bridgehead atoms. The first-order valence-electron chi connectivity index (χ1n) is 28.1. The number of aliphatic hydroxyl groups excluding tert-OH is 2. The van der Waals surface area contributed by atoms with Crippen LogP contribution in [0.25, 0.3) is 0 Å². The highest BCUT2D eigenvalue weighted by Crippen LogP contribution is 2.62. The molecule has 1 heterocycles. The van der Waals surface area contributed by atoms with E-state index < -0.39 is 34.6 Å². The third kappa shape index (κ3) is 16.4. The number of thioether (sulfide) groups is 1. The average molecular weight is 1080 g/mol. The van der Waals surface area contributed by atoms with Crippen LogP contribution in [0.4, 0.5) is 14.9 Å². The number of oxime groups is 1. The van der Waals surface area contributed by atoms with Crippen molar-refractivity contribution in [2.75, 3.05) is 38.8 Å². The Bertz CT molecular complexity index is 2510. The van der Waals surface area contributed by atoms with E-state index in [0.717, 1.165) is 66.7 Å². The zero-order valence-electron chi connectivity index (χ0n) is 45.0. The van der Waals surface area contributed by atoms with Crippen LogP contribution in [0.15, 0.2) is 131 Å². The van der Waals surface area contributed by atoms with E-state index in [-0.39, 0.29) is 69.4 Å². The molecule has 6 unspecified atom stereocenters. The molecule has 7 rings (SSSR count). The highest BCUT2D eigenvalue weighted by atomic mass is 32.2. The Labute approximate surface area is 459 Å². The smallest absolute Gasteiger partial charge is 0.410 e. The molecule has 0 aromatic heterocycles. The number of aliphatic hydroxyl groups is 2. The fourth-order valence-electron chi connectivity index (χ4n) is 11.4. The van der Waals surface area contributed by atoms with Crippen molar-refractivity contribution in [2.45, 2.75) is 152 Å². The molecule has 1 aliphatic heterocycles. The summed E-state index contributed by atoms with van der Waals surface area (Å²) in [6.07, 6.45) is 19.1. The lowest BCUT2D eigenvalue weighted by molar-refractivity contribution is -0.384. The number of ether oxygens (including phenoxy) is 4. The number of allylic oxidation sites excluding steroid dienone is 1. The Morgan fingerprint density at radius 3 is 2.25 bits per heavy atom. The molecule has 1 saturated carbocycles. The number of hydrogen-bond acceptors (Lipinski definition) is 12. The van der Waals surface area contributed by atoms with Crippen molar-refractivity contribution < 1.29 is 48.1 Å². The Balaban J connectivity index is 1.32. The molecule has 416 valence electrons. The van der Waals surface area contributed by atoms with Crippen LogP contribution in [0.3, 0.4) is 0 Å². The molecule has 0 spiro atoms. The van der Waals surface area contributed by atoms with Crippen LogP contribution >= 0.6 is 11.8 Å². The standard InChI is InChI=1S/C62H80FN3O10S/c1-3-5-6-7-8-9-10-11-12-20-38-73-61(69)65(44-46-25-29-49(63)30-26-46)58-43-56(64-75-45-47-27-31-50(32-28-47)66(70)71)54-41-48(21-16-18-35-67)53(24-17-19-36-68)59-55-42-51(72-39-40-77-52-22-14-13-15-23-52)33-34-57(55)76-62(58,60(54)59)74-37-4-2/h4,13-15,22-23,25-34,41-42,48,53,58-60,67-68H,2-3,5-12,16-21,24,35-40,43-45H2,1H3. The number of rotatable bonds is 34. The van der Waals surface area contributed by atoms with Crippen molar-refractivity contribution in [3.8, 4) is 11.5 Å². The highest BCUT2D eigenvalue weighted by Gasteiger charge is 2.65. The second-order valence-electron chi connectivity index (χ2n) is 20.5. The summed E-state index contributed by atoms with van der Waals surface area (Å²) in [6, 6.07) is 27.5. The molecule has 13 nitrogen and oxygen atoms in total. The van der Waals surface area contributed by atoms with Gasteiger partial charge in [-0.2, -0.15) is 0 Å². The van der Waals surface area contributed by atoms with Gasteiger partial charge in [0.25, 0.3) is 5.69 Å². The van der Waals surface area contributed by atoms with E-state index >= 15 is 4.79 Å². The fourth-order valence-corrected chi connectivity index (χ4v) is 12.1. The summed E-state index contributed by atoms with van der Waals surface area (Å²) in [5.41, 5.74) is 3.66. The molecule has 0 saturated heterocycles. The van der Waals surface area contributed by atoms with Crippen LogP contribution in [0.1, 0.15) is 139 Å². The molecule has 3 aliphatic rings. The third-order valence-electron chi connectivity index (χ3n) is 15.2. The normalized spacial score (nSPS) is 20.8. The number of nitro benzene ring substituents is 1. The molecule has 6 atom stereocenters. The minimum Gasteiger partial charge on any atom is -0.493 e. The summed E-state index contributed by atoms with van der Waals surface area (Å²) in [4.78, 5) is 35.3. The van der Waals surface area contributed by atoms with Gasteiger partial charge >= 0.3 is 6.09 Å². The van der Waals surface area contributed by atoms with Crippen LogP contribution < -0.4 is 9.47 Å². The van der Waals surface area contributed by atoms with Gasteiger partial charge in [-0.15, -0.1) is 18.3 Å². The largest absolute Gasteiger partial charge is 0.493 e. The Morgan fingerprint density at radius 2 is 1.56 bits per heavy atom. The van der Waals surface area contributed by atoms with E-state index in [9.17, 15) is 24.7 Å². The number of hydrogen-bond donors (Lipinski definition) is 2. The number of unbranched alkanes of at least 4 members (excludes halogenated alkanes) is 11. The second-order valence-corrected chi connectivity index (χ2v) is 21.7. The lowest BCUT2D eigenvalue weighted by Crippen LogP contribution is -2.70. The van der Waals surface area contributed by atoms with Crippen molar-refractivity contribution in [1.29, 1.82) is 0 Å². The van der Waals surface area contributed by atoms with Gasteiger partial charge in [0.05, 0.1) is 36.4 Å². The predicted octanol–water partition coefficient (Wildman–Crippen LogP) is 14.3. The van der Waals surface area contributed by atoms with Gasteiger partial charge in [-0.05, 0) is 115 Å². The van der Waals surface area contributed by atoms with Crippen LogP contribution in [-0.4, -0.2) is 82.5 Å². The van der Waals surface area contributed by atoms with Gasteiger partial charge in [-0.1, -0.05) is 125 Å². The van der Waals surface area contributed by atoms with Gasteiger partial charge in [0.15, 0.2) is 0 Å². The second kappa shape index (κ2) is 31.0. The van der Waals surface area contributed by atoms with E-state index in [1.807, 2.05) is 30.3 Å². The quantitative estimate of drug-likeness (QED) is 0.0150. The van der Waals surface area contributed by atoms with Gasteiger partial charge in [0.1, 0.15) is 30.0 Å². The van der Waals surface area contributed by atoms with Gasteiger partial charge in [-0.3, -0.25) is 15.0 Å². The molecular formula is C62H80FN3O10S. The van der Waals surface area contributed by atoms with Crippen LogP contribution in [0, 0.1) is 33.7 Å². The summed E-state index contributed by atoms with van der Waals surface area (Å²) in [7, 11) is 0. The summed E-state index contributed by atoms with van der Waals surface area (Å²) >= 11 is 1.72. The summed E-state index contributed by atoms with van der Waals surface area (Å²) in [5, 5.41) is 36.6. The van der Waals surface area contributed by atoms with E-state index in [0.29, 0.717) is 54.2 Å². The van der Waals surface area contributed by atoms with Crippen molar-refractivity contribution in [3.63, 3.8) is 0 Å². The predicted molar refractivity (Wildman–Crippen MR) is 301 cm³/mol. The molecular weight excluding hydrogens is 998 g/mol. The first-order valence-corrected chi connectivity index (χ1v) is 29.1. The number of nitrogens with zero attached hydrogens (tertiary/aromatic N) is 3. The van der Waals surface area contributed by atoms with Gasteiger partial charge in [-0.25, -0.2) is 9.18 Å². The maximum Gasteiger partial charge on any atom is 0.410 e. The molecule has 15 heteroatoms. The fraction of sp³-hybridized carbons (Fsp3) is 0.516. The highest BCUT2D eigenvalue weighted by molar-refractivity contribution is 7.99. The maximum atomic E-state index is 15.1. The number of carbonyl (C=O) groups is 1. The molecule has 4 aromatic carbocycles. The van der Waals surface area contributed by atoms with E-state index in [1.165, 1.54) is 62.8 Å². The van der Waals surface area contributed by atoms with Gasteiger partial charge in [0, 0.05) is 60.4 Å². The van der Waals surface area contributed by atoms with Crippen molar-refractivity contribution >= 4 is 29.3 Å². The summed E-state index contributed by atoms with van der Waals surface area (Å²) < 4.78 is 42.0. The number of halogens is 1. The Kier molecular flexibility index (Phi) is 23.7. The molecule has 2 aliphatic carbocycles. The minimum atomic E-state index is -1.56. The maximum absolute atomic E-state index is 15.1. The minimum absolute atomic E-state index is 0.0100. The molecule has 4 aromatic rings. The van der Waals surface area contributed by atoms with E-state index in [1.54, 1.807) is 47.0 Å². The molecule has 0 radical (unpaired) electrons. The monoisotopic (exact) mass is 1080 g/mol. The average Bonchev–Trinajstić information content (AvgIpc) is 3.45. The van der Waals surface area contributed by atoms with E-state index in [4.69, 9.17) is 28.9 Å².